The van der Waals surface area contributed by atoms with Crippen molar-refractivity contribution < 1.29 is 15.0 Å². The summed E-state index contributed by atoms with van der Waals surface area (Å²) in [6.45, 7) is 6.60. The van der Waals surface area contributed by atoms with Crippen molar-refractivity contribution >= 4 is 5.91 Å². The van der Waals surface area contributed by atoms with Crippen LogP contribution in [0.2, 0.25) is 0 Å². The fraction of sp³-hybridized carbons (Fsp3) is 0.562. The number of amides is 1. The van der Waals surface area contributed by atoms with Crippen LogP contribution in [-0.2, 0) is 0 Å². The normalized spacial score (nSPS) is 11.4. The molecule has 0 saturated carbocycles. The van der Waals surface area contributed by atoms with E-state index in [0.717, 1.165) is 18.4 Å². The van der Waals surface area contributed by atoms with Gasteiger partial charge in [-0.1, -0.05) is 19.9 Å². The van der Waals surface area contributed by atoms with Gasteiger partial charge in [0.05, 0.1) is 0 Å². The monoisotopic (exact) mass is 279 g/mol. The second-order valence-corrected chi connectivity index (χ2v) is 5.36. The molecule has 0 unspecified atom stereocenters. The number of carbonyl (C=O) groups is 1. The molecule has 4 heteroatoms. The number of aryl methyl sites for hydroxylation is 1. The zero-order valence-electron chi connectivity index (χ0n) is 12.6. The van der Waals surface area contributed by atoms with Gasteiger partial charge in [0.15, 0.2) is 0 Å². The molecule has 0 fully saturated rings. The average Bonchev–Trinajstić information content (AvgIpc) is 2.46. The quantitative estimate of drug-likeness (QED) is 0.718. The Hall–Kier alpha value is -1.55. The van der Waals surface area contributed by atoms with Gasteiger partial charge in [0.1, 0.15) is 5.75 Å². The standard InChI is InChI=1S/C16H25NO3/c1-4-16(5-2,8-9-18)11-17-15(20)13-7-6-12(3)14(19)10-13/h6-7,10,18-19H,4-5,8-9,11H2,1-3H3,(H,17,20). The molecule has 0 aliphatic rings. The van der Waals surface area contributed by atoms with Crippen molar-refractivity contribution in [2.75, 3.05) is 13.2 Å². The lowest BCUT2D eigenvalue weighted by Gasteiger charge is -2.31. The molecule has 0 aliphatic carbocycles. The van der Waals surface area contributed by atoms with Gasteiger partial charge in [0, 0.05) is 18.7 Å². The number of phenolic OH excluding ortho intramolecular Hbond substituents is 1. The molecule has 0 atom stereocenters. The van der Waals surface area contributed by atoms with Crippen molar-refractivity contribution in [3.8, 4) is 5.75 Å². The Bertz CT molecular complexity index is 453. The number of aromatic hydroxyl groups is 1. The van der Waals surface area contributed by atoms with E-state index in [1.54, 1.807) is 19.1 Å². The first-order chi connectivity index (χ1) is 9.48. The molecule has 4 nitrogen and oxygen atoms in total. The maximum Gasteiger partial charge on any atom is 0.251 e. The minimum Gasteiger partial charge on any atom is -0.508 e. The van der Waals surface area contributed by atoms with Gasteiger partial charge in [-0.15, -0.1) is 0 Å². The predicted molar refractivity (Wildman–Crippen MR) is 79.9 cm³/mol. The number of aliphatic hydroxyl groups is 1. The van der Waals surface area contributed by atoms with E-state index < -0.39 is 0 Å². The van der Waals surface area contributed by atoms with Crippen LogP contribution in [0.3, 0.4) is 0 Å². The highest BCUT2D eigenvalue weighted by Crippen LogP contribution is 2.29. The average molecular weight is 279 g/mol. The topological polar surface area (TPSA) is 69.6 Å². The van der Waals surface area contributed by atoms with E-state index in [2.05, 4.69) is 19.2 Å². The van der Waals surface area contributed by atoms with Crippen LogP contribution in [0, 0.1) is 12.3 Å². The van der Waals surface area contributed by atoms with Crippen molar-refractivity contribution in [2.24, 2.45) is 5.41 Å². The van der Waals surface area contributed by atoms with Gasteiger partial charge >= 0.3 is 0 Å². The minimum absolute atomic E-state index is 0.0584. The second-order valence-electron chi connectivity index (χ2n) is 5.36. The van der Waals surface area contributed by atoms with Crippen LogP contribution in [0.4, 0.5) is 0 Å². The zero-order valence-corrected chi connectivity index (χ0v) is 12.6. The highest BCUT2D eigenvalue weighted by molar-refractivity contribution is 5.94. The van der Waals surface area contributed by atoms with Gasteiger partial charge in [0.2, 0.25) is 0 Å². The van der Waals surface area contributed by atoms with Crippen molar-refractivity contribution in [3.05, 3.63) is 29.3 Å². The van der Waals surface area contributed by atoms with Crippen LogP contribution in [0.15, 0.2) is 18.2 Å². The van der Waals surface area contributed by atoms with Crippen LogP contribution < -0.4 is 5.32 Å². The summed E-state index contributed by atoms with van der Waals surface area (Å²) in [7, 11) is 0. The Labute approximate surface area is 120 Å². The number of benzene rings is 1. The molecule has 1 rings (SSSR count). The molecule has 1 aromatic rings. The van der Waals surface area contributed by atoms with Crippen LogP contribution in [0.5, 0.6) is 5.75 Å². The van der Waals surface area contributed by atoms with E-state index in [9.17, 15) is 9.90 Å². The Morgan fingerprint density at radius 1 is 1.30 bits per heavy atom. The Balaban J connectivity index is 2.72. The van der Waals surface area contributed by atoms with Crippen LogP contribution in [0.25, 0.3) is 0 Å². The summed E-state index contributed by atoms with van der Waals surface area (Å²) in [5.74, 6) is -0.0604. The molecular formula is C16H25NO3. The predicted octanol–water partition coefficient (Wildman–Crippen LogP) is 2.62. The third kappa shape index (κ3) is 3.97. The van der Waals surface area contributed by atoms with E-state index in [0.29, 0.717) is 18.5 Å². The van der Waals surface area contributed by atoms with Gasteiger partial charge < -0.3 is 15.5 Å². The molecule has 0 bridgehead atoms. The highest BCUT2D eigenvalue weighted by Gasteiger charge is 2.26. The fourth-order valence-electron chi connectivity index (χ4n) is 2.30. The molecule has 112 valence electrons. The molecular weight excluding hydrogens is 254 g/mol. The first-order valence-corrected chi connectivity index (χ1v) is 7.16. The minimum atomic E-state index is -0.190. The molecule has 1 aromatic carbocycles. The van der Waals surface area contributed by atoms with Crippen molar-refractivity contribution in [2.45, 2.75) is 40.0 Å². The van der Waals surface area contributed by atoms with Crippen molar-refractivity contribution in [1.29, 1.82) is 0 Å². The maximum absolute atomic E-state index is 12.1. The summed E-state index contributed by atoms with van der Waals surface area (Å²) in [5.41, 5.74) is 1.15. The summed E-state index contributed by atoms with van der Waals surface area (Å²) in [6, 6.07) is 4.91. The molecule has 0 saturated heterocycles. The number of nitrogens with one attached hydrogen (secondary N) is 1. The zero-order chi connectivity index (χ0) is 15.2. The van der Waals surface area contributed by atoms with Crippen LogP contribution >= 0.6 is 0 Å². The highest BCUT2D eigenvalue weighted by atomic mass is 16.3. The molecule has 3 N–H and O–H groups in total. The third-order valence-corrected chi connectivity index (χ3v) is 4.24. The molecule has 20 heavy (non-hydrogen) atoms. The third-order valence-electron chi connectivity index (χ3n) is 4.24. The fourth-order valence-corrected chi connectivity index (χ4v) is 2.30. The SMILES string of the molecule is CCC(CC)(CCO)CNC(=O)c1ccc(C)c(O)c1. The van der Waals surface area contributed by atoms with E-state index in [1.807, 2.05) is 0 Å². The molecule has 0 aliphatic heterocycles. The Morgan fingerprint density at radius 2 is 1.95 bits per heavy atom. The van der Waals surface area contributed by atoms with Gasteiger partial charge in [0.25, 0.3) is 5.91 Å². The van der Waals surface area contributed by atoms with Crippen molar-refractivity contribution in [3.63, 3.8) is 0 Å². The smallest absolute Gasteiger partial charge is 0.251 e. The van der Waals surface area contributed by atoms with E-state index >= 15 is 0 Å². The molecule has 0 spiro atoms. The summed E-state index contributed by atoms with van der Waals surface area (Å²) >= 11 is 0. The maximum atomic E-state index is 12.1. The van der Waals surface area contributed by atoms with E-state index in [1.165, 1.54) is 6.07 Å². The summed E-state index contributed by atoms with van der Waals surface area (Å²) in [4.78, 5) is 12.1. The van der Waals surface area contributed by atoms with Gasteiger partial charge in [-0.3, -0.25) is 4.79 Å². The lowest BCUT2D eigenvalue weighted by molar-refractivity contribution is 0.0907. The number of phenols is 1. The molecule has 0 aromatic heterocycles. The largest absolute Gasteiger partial charge is 0.508 e. The Kier molecular flexibility index (Phi) is 6.02. The lowest BCUT2D eigenvalue weighted by atomic mass is 9.79. The second kappa shape index (κ2) is 7.29. The lowest BCUT2D eigenvalue weighted by Crippen LogP contribution is -2.37. The van der Waals surface area contributed by atoms with Gasteiger partial charge in [-0.25, -0.2) is 0 Å². The first-order valence-electron chi connectivity index (χ1n) is 7.16. The van der Waals surface area contributed by atoms with E-state index in [-0.39, 0.29) is 23.7 Å². The number of hydrogen-bond acceptors (Lipinski definition) is 3. The summed E-state index contributed by atoms with van der Waals surface area (Å²) < 4.78 is 0. The van der Waals surface area contributed by atoms with E-state index in [4.69, 9.17) is 5.11 Å². The van der Waals surface area contributed by atoms with Gasteiger partial charge in [-0.2, -0.15) is 0 Å². The summed E-state index contributed by atoms with van der Waals surface area (Å²) in [6.07, 6.45) is 2.49. The van der Waals surface area contributed by atoms with Crippen molar-refractivity contribution in [1.82, 2.24) is 5.32 Å². The first kappa shape index (κ1) is 16.5. The van der Waals surface area contributed by atoms with Crippen LogP contribution in [0.1, 0.15) is 49.0 Å². The molecule has 0 heterocycles. The van der Waals surface area contributed by atoms with Crippen LogP contribution in [-0.4, -0.2) is 29.3 Å². The molecule has 0 radical (unpaired) electrons. The number of carbonyl (C=O) groups excluding carboxylic acids is 1. The van der Waals surface area contributed by atoms with Gasteiger partial charge in [-0.05, 0) is 49.3 Å². The number of hydrogen-bond donors (Lipinski definition) is 3. The number of aliphatic hydroxyl groups excluding tert-OH is 1. The molecule has 1 amide bonds. The number of rotatable bonds is 7. The Morgan fingerprint density at radius 3 is 2.45 bits per heavy atom. The summed E-state index contributed by atoms with van der Waals surface area (Å²) in [5, 5.41) is 21.7.